The number of nitrogens with zero attached hydrogens (tertiary/aromatic N) is 3. The topological polar surface area (TPSA) is 59.8 Å². The molecule has 0 atom stereocenters. The fraction of sp³-hybridized carbons (Fsp3) is 0.353. The minimum absolute atomic E-state index is 0.0301. The molecule has 3 rings (SSSR count). The van der Waals surface area contributed by atoms with Gasteiger partial charge in [-0.25, -0.2) is 9.97 Å². The van der Waals surface area contributed by atoms with E-state index in [9.17, 15) is 4.79 Å². The molecule has 23 heavy (non-hydrogen) atoms. The van der Waals surface area contributed by atoms with Gasteiger partial charge in [0, 0.05) is 18.5 Å². The van der Waals surface area contributed by atoms with Gasteiger partial charge in [0.15, 0.2) is 0 Å². The Kier molecular flexibility index (Phi) is 4.71. The number of carbonyl (C=O) groups excluding carboxylic acids is 1. The average Bonchev–Trinajstić information content (AvgIpc) is 3.06. The Bertz CT molecular complexity index is 821. The molecule has 6 heteroatoms. The maximum Gasteiger partial charge on any atom is 0.226 e. The van der Waals surface area contributed by atoms with E-state index >= 15 is 0 Å². The predicted octanol–water partition coefficient (Wildman–Crippen LogP) is 2.86. The first-order valence-corrected chi connectivity index (χ1v) is 8.61. The SMILES string of the molecule is Cc1nc(CC(=O)NCCCn2c(C)nc3ccccc32)cs1. The molecule has 2 aromatic heterocycles. The molecule has 0 fully saturated rings. The zero-order chi connectivity index (χ0) is 16.2. The second-order valence-electron chi connectivity index (χ2n) is 5.54. The maximum atomic E-state index is 11.9. The number of carbonyl (C=O) groups is 1. The summed E-state index contributed by atoms with van der Waals surface area (Å²) in [6.45, 7) is 5.48. The summed E-state index contributed by atoms with van der Waals surface area (Å²) >= 11 is 1.57. The van der Waals surface area contributed by atoms with Crippen LogP contribution >= 0.6 is 11.3 Å². The molecule has 2 heterocycles. The van der Waals surface area contributed by atoms with Crippen LogP contribution < -0.4 is 5.32 Å². The Morgan fingerprint density at radius 1 is 1.26 bits per heavy atom. The molecule has 0 aliphatic heterocycles. The third-order valence-electron chi connectivity index (χ3n) is 3.73. The van der Waals surface area contributed by atoms with E-state index in [-0.39, 0.29) is 5.91 Å². The largest absolute Gasteiger partial charge is 0.356 e. The summed E-state index contributed by atoms with van der Waals surface area (Å²) < 4.78 is 2.20. The molecule has 1 amide bonds. The van der Waals surface area contributed by atoms with Crippen molar-refractivity contribution in [3.63, 3.8) is 0 Å². The lowest BCUT2D eigenvalue weighted by Crippen LogP contribution is -2.27. The smallest absolute Gasteiger partial charge is 0.226 e. The van der Waals surface area contributed by atoms with Gasteiger partial charge in [-0.3, -0.25) is 4.79 Å². The van der Waals surface area contributed by atoms with Crippen LogP contribution in [0.25, 0.3) is 11.0 Å². The van der Waals surface area contributed by atoms with Crippen LogP contribution in [0.5, 0.6) is 0 Å². The Hall–Kier alpha value is -2.21. The van der Waals surface area contributed by atoms with Gasteiger partial charge in [0.2, 0.25) is 5.91 Å². The van der Waals surface area contributed by atoms with Crippen molar-refractivity contribution in [1.29, 1.82) is 0 Å². The van der Waals surface area contributed by atoms with Crippen molar-refractivity contribution in [2.24, 2.45) is 0 Å². The minimum atomic E-state index is 0.0301. The van der Waals surface area contributed by atoms with Gasteiger partial charge in [0.05, 0.1) is 28.2 Å². The van der Waals surface area contributed by atoms with Crippen molar-refractivity contribution in [1.82, 2.24) is 19.9 Å². The summed E-state index contributed by atoms with van der Waals surface area (Å²) in [7, 11) is 0. The molecule has 0 spiro atoms. The van der Waals surface area contributed by atoms with Gasteiger partial charge in [-0.2, -0.15) is 0 Å². The highest BCUT2D eigenvalue weighted by Crippen LogP contribution is 2.15. The first kappa shape index (κ1) is 15.7. The molecule has 0 bridgehead atoms. The van der Waals surface area contributed by atoms with Gasteiger partial charge in [-0.1, -0.05) is 12.1 Å². The molecule has 0 unspecified atom stereocenters. The van der Waals surface area contributed by atoms with Crippen LogP contribution in [0.15, 0.2) is 29.6 Å². The van der Waals surface area contributed by atoms with Crippen LogP contribution in [0.4, 0.5) is 0 Å². The van der Waals surface area contributed by atoms with Crippen LogP contribution in [-0.4, -0.2) is 27.0 Å². The quantitative estimate of drug-likeness (QED) is 0.708. The number of fused-ring (bicyclic) bond motifs is 1. The first-order valence-electron chi connectivity index (χ1n) is 7.73. The molecule has 120 valence electrons. The van der Waals surface area contributed by atoms with Gasteiger partial charge in [-0.05, 0) is 32.4 Å². The molecule has 0 aliphatic carbocycles. The Balaban J connectivity index is 1.49. The molecule has 1 N–H and O–H groups in total. The summed E-state index contributed by atoms with van der Waals surface area (Å²) in [6.07, 6.45) is 1.24. The Labute approximate surface area is 139 Å². The number of benzene rings is 1. The van der Waals surface area contributed by atoms with Crippen LogP contribution in [0.1, 0.15) is 22.9 Å². The number of para-hydroxylation sites is 2. The Morgan fingerprint density at radius 3 is 2.87 bits per heavy atom. The zero-order valence-corrected chi connectivity index (χ0v) is 14.2. The van der Waals surface area contributed by atoms with Gasteiger partial charge in [0.25, 0.3) is 0 Å². The van der Waals surface area contributed by atoms with Crippen molar-refractivity contribution >= 4 is 28.3 Å². The fourth-order valence-electron chi connectivity index (χ4n) is 2.66. The third kappa shape index (κ3) is 3.76. The van der Waals surface area contributed by atoms with Crippen LogP contribution in [-0.2, 0) is 17.8 Å². The van der Waals surface area contributed by atoms with Crippen LogP contribution in [0, 0.1) is 13.8 Å². The number of imidazole rings is 1. The summed E-state index contributed by atoms with van der Waals surface area (Å²) in [5.74, 6) is 1.04. The van der Waals surface area contributed by atoms with Crippen LogP contribution in [0.2, 0.25) is 0 Å². The molecule has 0 saturated carbocycles. The van der Waals surface area contributed by atoms with Gasteiger partial charge in [0.1, 0.15) is 5.82 Å². The highest BCUT2D eigenvalue weighted by atomic mass is 32.1. The van der Waals surface area contributed by atoms with E-state index in [1.165, 1.54) is 0 Å². The summed E-state index contributed by atoms with van der Waals surface area (Å²) in [5, 5.41) is 5.90. The van der Waals surface area contributed by atoms with E-state index in [1.54, 1.807) is 11.3 Å². The summed E-state index contributed by atoms with van der Waals surface area (Å²) in [5.41, 5.74) is 3.02. The summed E-state index contributed by atoms with van der Waals surface area (Å²) in [4.78, 5) is 20.8. The molecular formula is C17H20N4OS. The molecule has 0 aliphatic rings. The van der Waals surface area contributed by atoms with Crippen LogP contribution in [0.3, 0.4) is 0 Å². The van der Waals surface area contributed by atoms with E-state index in [4.69, 9.17) is 0 Å². The normalized spacial score (nSPS) is 11.0. The van der Waals surface area contributed by atoms with Gasteiger partial charge < -0.3 is 9.88 Å². The number of hydrogen-bond acceptors (Lipinski definition) is 4. The molecule has 0 radical (unpaired) electrons. The lowest BCUT2D eigenvalue weighted by Gasteiger charge is -2.08. The molecule has 0 saturated heterocycles. The van der Waals surface area contributed by atoms with Crippen molar-refractivity contribution in [2.45, 2.75) is 33.2 Å². The molecule has 1 aromatic carbocycles. The van der Waals surface area contributed by atoms with E-state index in [1.807, 2.05) is 37.4 Å². The van der Waals surface area contributed by atoms with Gasteiger partial charge >= 0.3 is 0 Å². The van der Waals surface area contributed by atoms with Crippen molar-refractivity contribution < 1.29 is 4.79 Å². The second-order valence-corrected chi connectivity index (χ2v) is 6.60. The molecule has 5 nitrogen and oxygen atoms in total. The number of rotatable bonds is 6. The van der Waals surface area contributed by atoms with Crippen molar-refractivity contribution in [3.8, 4) is 0 Å². The van der Waals surface area contributed by atoms with Crippen molar-refractivity contribution in [3.05, 3.63) is 46.2 Å². The lowest BCUT2D eigenvalue weighted by molar-refractivity contribution is -0.120. The van der Waals surface area contributed by atoms with E-state index < -0.39 is 0 Å². The van der Waals surface area contributed by atoms with Crippen molar-refractivity contribution in [2.75, 3.05) is 6.54 Å². The van der Waals surface area contributed by atoms with E-state index in [0.29, 0.717) is 13.0 Å². The lowest BCUT2D eigenvalue weighted by atomic mass is 10.3. The van der Waals surface area contributed by atoms with E-state index in [2.05, 4.69) is 25.9 Å². The number of nitrogens with one attached hydrogen (secondary N) is 1. The predicted molar refractivity (Wildman–Crippen MR) is 92.7 cm³/mol. The monoisotopic (exact) mass is 328 g/mol. The maximum absolute atomic E-state index is 11.9. The number of thiazole rings is 1. The zero-order valence-electron chi connectivity index (χ0n) is 13.4. The third-order valence-corrected chi connectivity index (χ3v) is 4.56. The average molecular weight is 328 g/mol. The number of hydrogen-bond donors (Lipinski definition) is 1. The molecular weight excluding hydrogens is 308 g/mol. The fourth-order valence-corrected chi connectivity index (χ4v) is 3.27. The highest BCUT2D eigenvalue weighted by Gasteiger charge is 2.08. The number of amides is 1. The number of aromatic nitrogens is 3. The first-order chi connectivity index (χ1) is 11.1. The Morgan fingerprint density at radius 2 is 2.09 bits per heavy atom. The molecule has 3 aromatic rings. The summed E-state index contributed by atoms with van der Waals surface area (Å²) in [6, 6.07) is 8.13. The minimum Gasteiger partial charge on any atom is -0.356 e. The second kappa shape index (κ2) is 6.91. The number of aryl methyl sites for hydroxylation is 3. The van der Waals surface area contributed by atoms with Gasteiger partial charge in [-0.15, -0.1) is 11.3 Å². The van der Waals surface area contributed by atoms with E-state index in [0.717, 1.165) is 40.5 Å². The highest BCUT2D eigenvalue weighted by molar-refractivity contribution is 7.09. The standard InChI is InChI=1S/C17H20N4OS/c1-12-19-15-6-3-4-7-16(15)21(12)9-5-8-18-17(22)10-14-11-23-13(2)20-14/h3-4,6-7,11H,5,8-10H2,1-2H3,(H,18,22).